The number of aliphatic hydroxyl groups excluding tert-OH is 1. The molecule has 20 heavy (non-hydrogen) atoms. The van der Waals surface area contributed by atoms with Gasteiger partial charge in [-0.15, -0.1) is 0 Å². The molecule has 1 amide bonds. The fourth-order valence-electron chi connectivity index (χ4n) is 3.02. The van der Waals surface area contributed by atoms with Gasteiger partial charge in [-0.1, -0.05) is 12.1 Å². The largest absolute Gasteiger partial charge is 0.497 e. The van der Waals surface area contributed by atoms with Gasteiger partial charge in [0.05, 0.1) is 7.11 Å². The van der Waals surface area contributed by atoms with Crippen molar-refractivity contribution in [2.24, 2.45) is 0 Å². The van der Waals surface area contributed by atoms with Gasteiger partial charge in [-0.25, -0.2) is 0 Å². The Bertz CT molecular complexity index is 547. The van der Waals surface area contributed by atoms with E-state index in [9.17, 15) is 9.90 Å². The summed E-state index contributed by atoms with van der Waals surface area (Å²) in [6.45, 7) is 0.441. The summed E-state index contributed by atoms with van der Waals surface area (Å²) in [5.74, 6) is 0.794. The van der Waals surface area contributed by atoms with Gasteiger partial charge < -0.3 is 14.7 Å². The number of carbonyl (C=O) groups excluding carboxylic acids is 1. The molecule has 0 spiro atoms. The highest BCUT2D eigenvalue weighted by molar-refractivity contribution is 5.97. The van der Waals surface area contributed by atoms with Gasteiger partial charge in [-0.3, -0.25) is 4.79 Å². The summed E-state index contributed by atoms with van der Waals surface area (Å²) in [4.78, 5) is 13.9. The van der Waals surface area contributed by atoms with Crippen LogP contribution in [0.5, 0.6) is 5.75 Å². The molecule has 1 aromatic rings. The average molecular weight is 273 g/mol. The van der Waals surface area contributed by atoms with Crippen LogP contribution in [0.3, 0.4) is 0 Å². The van der Waals surface area contributed by atoms with E-state index < -0.39 is 6.23 Å². The predicted octanol–water partition coefficient (Wildman–Crippen LogP) is 2.23. The lowest BCUT2D eigenvalue weighted by atomic mass is 9.93. The van der Waals surface area contributed by atoms with E-state index in [1.54, 1.807) is 12.0 Å². The highest BCUT2D eigenvalue weighted by atomic mass is 16.5. The summed E-state index contributed by atoms with van der Waals surface area (Å²) >= 11 is 0. The van der Waals surface area contributed by atoms with E-state index in [4.69, 9.17) is 4.74 Å². The van der Waals surface area contributed by atoms with Crippen LogP contribution in [-0.4, -0.2) is 29.3 Å². The van der Waals surface area contributed by atoms with E-state index in [-0.39, 0.29) is 5.91 Å². The van der Waals surface area contributed by atoms with E-state index in [1.807, 2.05) is 24.3 Å². The zero-order valence-electron chi connectivity index (χ0n) is 11.6. The van der Waals surface area contributed by atoms with Crippen LogP contribution in [0, 0.1) is 0 Å². The quantitative estimate of drug-likeness (QED) is 0.918. The Kier molecular flexibility index (Phi) is 3.49. The third-order valence-corrected chi connectivity index (χ3v) is 4.15. The Morgan fingerprint density at radius 1 is 1.25 bits per heavy atom. The second-order valence-electron chi connectivity index (χ2n) is 5.37. The van der Waals surface area contributed by atoms with E-state index in [1.165, 1.54) is 0 Å². The van der Waals surface area contributed by atoms with Crippen LogP contribution in [0.4, 0.5) is 0 Å². The van der Waals surface area contributed by atoms with Crippen molar-refractivity contribution in [1.82, 2.24) is 4.90 Å². The van der Waals surface area contributed by atoms with Crippen molar-refractivity contribution >= 4 is 5.91 Å². The number of ether oxygens (including phenoxy) is 1. The molecule has 0 aromatic heterocycles. The number of nitrogens with zero attached hydrogens (tertiary/aromatic N) is 1. The normalized spacial score (nSPS) is 22.2. The van der Waals surface area contributed by atoms with Crippen molar-refractivity contribution in [2.75, 3.05) is 7.11 Å². The Morgan fingerprint density at radius 2 is 1.95 bits per heavy atom. The molecule has 1 atom stereocenters. The molecule has 4 heteroatoms. The summed E-state index contributed by atoms with van der Waals surface area (Å²) < 4.78 is 5.12. The minimum absolute atomic E-state index is 0.00279. The summed E-state index contributed by atoms with van der Waals surface area (Å²) in [5.41, 5.74) is 2.78. The predicted molar refractivity (Wildman–Crippen MR) is 75.0 cm³/mol. The number of amides is 1. The van der Waals surface area contributed by atoms with E-state index in [2.05, 4.69) is 0 Å². The molecule has 1 aliphatic carbocycles. The highest BCUT2D eigenvalue weighted by Crippen LogP contribution is 2.36. The molecule has 1 aromatic carbocycles. The van der Waals surface area contributed by atoms with Gasteiger partial charge in [0.15, 0.2) is 6.23 Å². The fraction of sp³-hybridized carbons (Fsp3) is 0.438. The van der Waals surface area contributed by atoms with Gasteiger partial charge in [0.25, 0.3) is 5.91 Å². The van der Waals surface area contributed by atoms with E-state index in [0.29, 0.717) is 6.54 Å². The molecule has 1 N–H and O–H groups in total. The van der Waals surface area contributed by atoms with Crippen molar-refractivity contribution in [3.63, 3.8) is 0 Å². The van der Waals surface area contributed by atoms with Gasteiger partial charge in [0.2, 0.25) is 0 Å². The second kappa shape index (κ2) is 5.29. The van der Waals surface area contributed by atoms with Crippen molar-refractivity contribution in [1.29, 1.82) is 0 Å². The fourth-order valence-corrected chi connectivity index (χ4v) is 3.02. The smallest absolute Gasteiger partial charge is 0.252 e. The summed E-state index contributed by atoms with van der Waals surface area (Å²) in [6, 6.07) is 7.59. The molecule has 1 unspecified atom stereocenters. The van der Waals surface area contributed by atoms with Crippen LogP contribution in [0.25, 0.3) is 0 Å². The lowest BCUT2D eigenvalue weighted by Gasteiger charge is -2.22. The molecular formula is C16H19NO3. The second-order valence-corrected chi connectivity index (χ2v) is 5.37. The lowest BCUT2D eigenvalue weighted by molar-refractivity contribution is -0.132. The Hall–Kier alpha value is -1.81. The van der Waals surface area contributed by atoms with Crippen LogP contribution < -0.4 is 4.74 Å². The first-order valence-electron chi connectivity index (χ1n) is 7.04. The zero-order chi connectivity index (χ0) is 14.1. The topological polar surface area (TPSA) is 49.8 Å². The number of aliphatic hydroxyl groups is 1. The van der Waals surface area contributed by atoms with Crippen LogP contribution in [0.2, 0.25) is 0 Å². The molecule has 4 nitrogen and oxygen atoms in total. The first kappa shape index (κ1) is 13.2. The van der Waals surface area contributed by atoms with Crippen LogP contribution in [-0.2, 0) is 11.3 Å². The number of hydrogen-bond donors (Lipinski definition) is 1. The maximum absolute atomic E-state index is 12.4. The molecule has 2 aliphatic rings. The molecule has 1 aliphatic heterocycles. The molecule has 106 valence electrons. The Morgan fingerprint density at radius 3 is 2.60 bits per heavy atom. The van der Waals surface area contributed by atoms with Crippen LogP contribution in [0.15, 0.2) is 35.4 Å². The number of carbonyl (C=O) groups is 1. The summed E-state index contributed by atoms with van der Waals surface area (Å²) in [7, 11) is 1.63. The average Bonchev–Trinajstić information content (AvgIpc) is 2.74. The van der Waals surface area contributed by atoms with Crippen LogP contribution in [0.1, 0.15) is 31.2 Å². The molecule has 3 rings (SSSR count). The first-order chi connectivity index (χ1) is 9.70. The summed E-state index contributed by atoms with van der Waals surface area (Å²) in [6.07, 6.45) is 3.04. The van der Waals surface area contributed by atoms with Crippen molar-refractivity contribution in [3.8, 4) is 5.75 Å². The Labute approximate surface area is 118 Å². The van der Waals surface area contributed by atoms with Gasteiger partial charge in [0.1, 0.15) is 5.75 Å². The number of methoxy groups -OCH3 is 1. The van der Waals surface area contributed by atoms with E-state index in [0.717, 1.165) is 48.1 Å². The van der Waals surface area contributed by atoms with Crippen molar-refractivity contribution < 1.29 is 14.6 Å². The molecule has 0 saturated heterocycles. The molecule has 0 radical (unpaired) electrons. The van der Waals surface area contributed by atoms with Gasteiger partial charge in [0, 0.05) is 12.1 Å². The first-order valence-corrected chi connectivity index (χ1v) is 7.04. The van der Waals surface area contributed by atoms with Gasteiger partial charge in [-0.05, 0) is 49.0 Å². The molecule has 1 heterocycles. The minimum atomic E-state index is -0.736. The Balaban J connectivity index is 1.76. The third-order valence-electron chi connectivity index (χ3n) is 4.15. The molecule has 0 saturated carbocycles. The van der Waals surface area contributed by atoms with Gasteiger partial charge >= 0.3 is 0 Å². The van der Waals surface area contributed by atoms with E-state index >= 15 is 0 Å². The maximum Gasteiger partial charge on any atom is 0.252 e. The van der Waals surface area contributed by atoms with Crippen LogP contribution >= 0.6 is 0 Å². The molecule has 0 fully saturated rings. The van der Waals surface area contributed by atoms with Crippen molar-refractivity contribution in [3.05, 3.63) is 41.0 Å². The molecule has 0 bridgehead atoms. The standard InChI is InChI=1S/C16H19NO3/c1-20-12-8-6-11(7-9-12)10-17-15(18)13-4-2-3-5-14(13)16(17)19/h6-9,15,18H,2-5,10H2,1H3. The zero-order valence-corrected chi connectivity index (χ0v) is 11.6. The number of rotatable bonds is 3. The van der Waals surface area contributed by atoms with Crippen molar-refractivity contribution in [2.45, 2.75) is 38.5 Å². The molecular weight excluding hydrogens is 254 g/mol. The number of benzene rings is 1. The SMILES string of the molecule is COc1ccc(CN2C(=O)C3=C(CCCC3)C2O)cc1. The monoisotopic (exact) mass is 273 g/mol. The van der Waals surface area contributed by atoms with Gasteiger partial charge in [-0.2, -0.15) is 0 Å². The highest BCUT2D eigenvalue weighted by Gasteiger charge is 2.38. The third kappa shape index (κ3) is 2.20. The number of hydrogen-bond acceptors (Lipinski definition) is 3. The minimum Gasteiger partial charge on any atom is -0.497 e. The summed E-state index contributed by atoms with van der Waals surface area (Å²) in [5, 5.41) is 10.3. The maximum atomic E-state index is 12.4. The lowest BCUT2D eigenvalue weighted by Crippen LogP contribution is -2.34.